The number of nitrogens with two attached hydrogens (primary N) is 1. The van der Waals surface area contributed by atoms with Crippen LogP contribution in [0.4, 0.5) is 0 Å². The maximum Gasteiger partial charge on any atom is 0.240 e. The van der Waals surface area contributed by atoms with Crippen molar-refractivity contribution in [2.45, 2.75) is 39.3 Å². The molecule has 0 spiro atoms. The summed E-state index contributed by atoms with van der Waals surface area (Å²) in [4.78, 5) is 11.7. The van der Waals surface area contributed by atoms with E-state index in [2.05, 4.69) is 9.88 Å². The molecule has 1 amide bonds. The number of aryl methyl sites for hydroxylation is 1. The molecule has 1 aromatic heterocycles. The minimum Gasteiger partial charge on any atom is -0.350 e. The van der Waals surface area contributed by atoms with Crippen LogP contribution >= 0.6 is 0 Å². The number of rotatable bonds is 4. The Labute approximate surface area is 96.8 Å². The Bertz CT molecular complexity index is 380. The molecule has 0 radical (unpaired) electrons. The number of hydrogen-bond donors (Lipinski definition) is 2. The molecule has 0 aromatic carbocycles. The lowest BCUT2D eigenvalue weighted by Crippen LogP contribution is -2.50. The van der Waals surface area contributed by atoms with Crippen molar-refractivity contribution in [1.82, 2.24) is 9.88 Å². The number of carbonyl (C=O) groups excluding carboxylic acids is 1. The summed E-state index contributed by atoms with van der Waals surface area (Å²) < 4.78 is 2.06. The quantitative estimate of drug-likeness (QED) is 0.802. The Morgan fingerprint density at radius 1 is 1.56 bits per heavy atom. The lowest BCUT2D eigenvalue weighted by atomic mass is 10.00. The number of amides is 1. The van der Waals surface area contributed by atoms with Crippen LogP contribution in [0.25, 0.3) is 0 Å². The monoisotopic (exact) mass is 223 g/mol. The molecule has 3 N–H and O–H groups in total. The average Bonchev–Trinajstić information content (AvgIpc) is 2.56. The number of nitrogens with zero attached hydrogens (tertiary/aromatic N) is 1. The van der Waals surface area contributed by atoms with Gasteiger partial charge in [0.05, 0.1) is 12.1 Å². The van der Waals surface area contributed by atoms with Crippen LogP contribution in [0.3, 0.4) is 0 Å². The molecule has 4 heteroatoms. The van der Waals surface area contributed by atoms with Gasteiger partial charge >= 0.3 is 0 Å². The van der Waals surface area contributed by atoms with Crippen molar-refractivity contribution < 1.29 is 4.79 Å². The van der Waals surface area contributed by atoms with Crippen LogP contribution in [0.5, 0.6) is 0 Å². The number of nitrogens with one attached hydrogen (secondary N) is 1. The van der Waals surface area contributed by atoms with Crippen LogP contribution in [-0.2, 0) is 18.4 Å². The fraction of sp³-hybridized carbons (Fsp3) is 0.583. The minimum absolute atomic E-state index is 0.103. The molecule has 0 aliphatic rings. The Morgan fingerprint density at radius 2 is 2.19 bits per heavy atom. The third-order valence-corrected chi connectivity index (χ3v) is 3.16. The zero-order chi connectivity index (χ0) is 12.3. The van der Waals surface area contributed by atoms with Gasteiger partial charge in [-0.05, 0) is 32.4 Å². The first kappa shape index (κ1) is 12.8. The Kier molecular flexibility index (Phi) is 3.75. The number of carbonyl (C=O) groups is 1. The van der Waals surface area contributed by atoms with Crippen molar-refractivity contribution >= 4 is 5.91 Å². The fourth-order valence-electron chi connectivity index (χ4n) is 1.38. The van der Waals surface area contributed by atoms with E-state index in [1.54, 1.807) is 6.92 Å². The number of aromatic nitrogens is 1. The molecule has 1 unspecified atom stereocenters. The summed E-state index contributed by atoms with van der Waals surface area (Å²) in [5.74, 6) is -0.103. The van der Waals surface area contributed by atoms with E-state index in [-0.39, 0.29) is 5.91 Å². The molecule has 1 rings (SSSR count). The third kappa shape index (κ3) is 2.64. The molecule has 1 atom stereocenters. The molecule has 0 saturated carbocycles. The van der Waals surface area contributed by atoms with Crippen LogP contribution in [0.1, 0.15) is 31.7 Å². The second-order valence-corrected chi connectivity index (χ2v) is 4.48. The highest BCUT2D eigenvalue weighted by Crippen LogP contribution is 2.07. The smallest absolute Gasteiger partial charge is 0.240 e. The van der Waals surface area contributed by atoms with Gasteiger partial charge in [0.2, 0.25) is 5.91 Å². The van der Waals surface area contributed by atoms with Gasteiger partial charge in [-0.3, -0.25) is 4.79 Å². The highest BCUT2D eigenvalue weighted by Gasteiger charge is 2.25. The van der Waals surface area contributed by atoms with Crippen LogP contribution in [0.15, 0.2) is 12.1 Å². The van der Waals surface area contributed by atoms with Crippen molar-refractivity contribution in [1.29, 1.82) is 0 Å². The largest absolute Gasteiger partial charge is 0.350 e. The summed E-state index contributed by atoms with van der Waals surface area (Å²) in [6.07, 6.45) is 0.630. The van der Waals surface area contributed by atoms with Crippen molar-refractivity contribution in [2.24, 2.45) is 12.8 Å². The Balaban J connectivity index is 2.59. The van der Waals surface area contributed by atoms with E-state index in [1.165, 1.54) is 5.69 Å². The van der Waals surface area contributed by atoms with Gasteiger partial charge in [0, 0.05) is 18.4 Å². The van der Waals surface area contributed by atoms with Gasteiger partial charge in [-0.15, -0.1) is 0 Å². The highest BCUT2D eigenvalue weighted by atomic mass is 16.2. The Morgan fingerprint density at radius 3 is 2.62 bits per heavy atom. The van der Waals surface area contributed by atoms with E-state index in [0.717, 1.165) is 5.69 Å². The summed E-state index contributed by atoms with van der Waals surface area (Å²) in [5, 5.41) is 2.86. The van der Waals surface area contributed by atoms with Gasteiger partial charge in [0.1, 0.15) is 0 Å². The van der Waals surface area contributed by atoms with Crippen LogP contribution in [0, 0.1) is 6.92 Å². The van der Waals surface area contributed by atoms with Crippen molar-refractivity contribution in [3.63, 3.8) is 0 Å². The second-order valence-electron chi connectivity index (χ2n) is 4.48. The van der Waals surface area contributed by atoms with Gasteiger partial charge in [-0.25, -0.2) is 0 Å². The molecule has 4 nitrogen and oxygen atoms in total. The lowest BCUT2D eigenvalue weighted by molar-refractivity contribution is -0.126. The van der Waals surface area contributed by atoms with Crippen molar-refractivity contribution in [2.75, 3.05) is 0 Å². The molecule has 16 heavy (non-hydrogen) atoms. The van der Waals surface area contributed by atoms with Crippen LogP contribution < -0.4 is 11.1 Å². The molecule has 0 bridgehead atoms. The normalized spacial score (nSPS) is 14.6. The maximum atomic E-state index is 11.7. The Hall–Kier alpha value is -1.29. The molecule has 0 aliphatic heterocycles. The predicted octanol–water partition coefficient (Wildman–Crippen LogP) is 1.08. The molecule has 90 valence electrons. The first-order valence-electron chi connectivity index (χ1n) is 5.57. The summed E-state index contributed by atoms with van der Waals surface area (Å²) in [6, 6.07) is 4.04. The molecule has 0 aliphatic carbocycles. The van der Waals surface area contributed by atoms with Gasteiger partial charge in [0.15, 0.2) is 0 Å². The summed E-state index contributed by atoms with van der Waals surface area (Å²) in [5.41, 5.74) is 7.33. The molecular formula is C12H21N3O. The topological polar surface area (TPSA) is 60.1 Å². The zero-order valence-corrected chi connectivity index (χ0v) is 10.5. The van der Waals surface area contributed by atoms with Gasteiger partial charge < -0.3 is 15.6 Å². The number of hydrogen-bond acceptors (Lipinski definition) is 2. The molecule has 0 fully saturated rings. The molecule has 0 saturated heterocycles. The fourth-order valence-corrected chi connectivity index (χ4v) is 1.38. The molecule has 1 heterocycles. The van der Waals surface area contributed by atoms with E-state index in [4.69, 9.17) is 5.73 Å². The maximum absolute atomic E-state index is 11.7. The highest BCUT2D eigenvalue weighted by molar-refractivity contribution is 5.85. The minimum atomic E-state index is -0.778. The predicted molar refractivity (Wildman–Crippen MR) is 64.9 cm³/mol. The SMILES string of the molecule is CCC(C)(N)C(=O)NCc1ccc(C)n1C. The van der Waals surface area contributed by atoms with Gasteiger partial charge in [-0.2, -0.15) is 0 Å². The first-order chi connectivity index (χ1) is 7.38. The molecular weight excluding hydrogens is 202 g/mol. The second kappa shape index (κ2) is 4.70. The lowest BCUT2D eigenvalue weighted by Gasteiger charge is -2.21. The van der Waals surface area contributed by atoms with Crippen LogP contribution in [0.2, 0.25) is 0 Å². The van der Waals surface area contributed by atoms with Crippen molar-refractivity contribution in [3.8, 4) is 0 Å². The third-order valence-electron chi connectivity index (χ3n) is 3.16. The van der Waals surface area contributed by atoms with E-state index in [9.17, 15) is 4.79 Å². The van der Waals surface area contributed by atoms with E-state index in [0.29, 0.717) is 13.0 Å². The average molecular weight is 223 g/mol. The molecule has 1 aromatic rings. The van der Waals surface area contributed by atoms with Crippen molar-refractivity contribution in [3.05, 3.63) is 23.5 Å². The van der Waals surface area contributed by atoms with E-state index < -0.39 is 5.54 Å². The summed E-state index contributed by atoms with van der Waals surface area (Å²) in [7, 11) is 1.98. The standard InChI is InChI=1S/C12H21N3O/c1-5-12(3,13)11(16)14-8-10-7-6-9(2)15(10)4/h6-7H,5,8,13H2,1-4H3,(H,14,16). The van der Waals surface area contributed by atoms with Crippen LogP contribution in [-0.4, -0.2) is 16.0 Å². The summed E-state index contributed by atoms with van der Waals surface area (Å²) in [6.45, 7) is 6.21. The summed E-state index contributed by atoms with van der Waals surface area (Å²) >= 11 is 0. The first-order valence-corrected chi connectivity index (χ1v) is 5.57. The zero-order valence-electron chi connectivity index (χ0n) is 10.5. The van der Waals surface area contributed by atoms with E-state index in [1.807, 2.05) is 33.0 Å². The van der Waals surface area contributed by atoms with E-state index >= 15 is 0 Å². The van der Waals surface area contributed by atoms with Gasteiger partial charge in [-0.1, -0.05) is 6.92 Å². The van der Waals surface area contributed by atoms with Gasteiger partial charge in [0.25, 0.3) is 0 Å².